The number of ketones is 1. The molecule has 0 aliphatic heterocycles. The first kappa shape index (κ1) is 17.5. The average Bonchev–Trinajstić information content (AvgIpc) is 2.45. The van der Waals surface area contributed by atoms with Gasteiger partial charge >= 0.3 is 0 Å². The van der Waals surface area contributed by atoms with Crippen LogP contribution in [0, 0.1) is 5.82 Å². The van der Waals surface area contributed by atoms with Crippen molar-refractivity contribution in [2.75, 3.05) is 13.2 Å². The Bertz CT molecular complexity index is 458. The van der Waals surface area contributed by atoms with Gasteiger partial charge in [0.05, 0.1) is 13.2 Å². The SMILES string of the molecule is CCCOc1cc(F)c(CCCC(C)=O)cc1OCCC. The summed E-state index contributed by atoms with van der Waals surface area (Å²) in [6, 6.07) is 3.10. The summed E-state index contributed by atoms with van der Waals surface area (Å²) in [5, 5.41) is 0. The maximum Gasteiger partial charge on any atom is 0.164 e. The van der Waals surface area contributed by atoms with Crippen molar-refractivity contribution in [3.63, 3.8) is 0 Å². The van der Waals surface area contributed by atoms with Crippen LogP contribution in [0.5, 0.6) is 11.5 Å². The lowest BCUT2D eigenvalue weighted by molar-refractivity contribution is -0.117. The summed E-state index contributed by atoms with van der Waals surface area (Å²) in [4.78, 5) is 11.0. The molecular weight excluding hydrogens is 271 g/mol. The molecule has 21 heavy (non-hydrogen) atoms. The molecule has 0 radical (unpaired) electrons. The van der Waals surface area contributed by atoms with Crippen LogP contribution in [0.2, 0.25) is 0 Å². The van der Waals surface area contributed by atoms with E-state index in [1.54, 1.807) is 13.0 Å². The molecule has 0 aliphatic rings. The maximum absolute atomic E-state index is 14.1. The zero-order chi connectivity index (χ0) is 15.7. The summed E-state index contributed by atoms with van der Waals surface area (Å²) in [6.45, 7) is 6.67. The van der Waals surface area contributed by atoms with Crippen LogP contribution in [0.4, 0.5) is 4.39 Å². The van der Waals surface area contributed by atoms with Crippen LogP contribution >= 0.6 is 0 Å². The molecule has 0 aliphatic carbocycles. The summed E-state index contributed by atoms with van der Waals surface area (Å²) in [7, 11) is 0. The van der Waals surface area contributed by atoms with E-state index in [2.05, 4.69) is 0 Å². The molecule has 1 aromatic carbocycles. The van der Waals surface area contributed by atoms with E-state index in [-0.39, 0.29) is 11.6 Å². The third kappa shape index (κ3) is 6.15. The topological polar surface area (TPSA) is 35.5 Å². The van der Waals surface area contributed by atoms with E-state index >= 15 is 0 Å². The van der Waals surface area contributed by atoms with Crippen molar-refractivity contribution < 1.29 is 18.7 Å². The molecule has 118 valence electrons. The van der Waals surface area contributed by atoms with E-state index in [1.165, 1.54) is 6.07 Å². The van der Waals surface area contributed by atoms with Gasteiger partial charge in [-0.15, -0.1) is 0 Å². The number of carbonyl (C=O) groups excluding carboxylic acids is 1. The first-order valence-corrected chi connectivity index (χ1v) is 7.65. The van der Waals surface area contributed by atoms with Crippen molar-refractivity contribution in [1.82, 2.24) is 0 Å². The van der Waals surface area contributed by atoms with E-state index in [0.717, 1.165) is 12.8 Å². The Labute approximate surface area is 126 Å². The number of rotatable bonds is 10. The lowest BCUT2D eigenvalue weighted by Gasteiger charge is -2.14. The Hall–Kier alpha value is -1.58. The highest BCUT2D eigenvalue weighted by atomic mass is 19.1. The lowest BCUT2D eigenvalue weighted by atomic mass is 10.1. The Balaban J connectivity index is 2.85. The van der Waals surface area contributed by atoms with Crippen LogP contribution in [-0.2, 0) is 11.2 Å². The van der Waals surface area contributed by atoms with Crippen LogP contribution in [0.25, 0.3) is 0 Å². The minimum absolute atomic E-state index is 0.126. The van der Waals surface area contributed by atoms with Gasteiger partial charge in [0.25, 0.3) is 0 Å². The summed E-state index contributed by atoms with van der Waals surface area (Å²) in [5.41, 5.74) is 0.575. The normalized spacial score (nSPS) is 10.5. The highest BCUT2D eigenvalue weighted by Gasteiger charge is 2.12. The number of hydrogen-bond donors (Lipinski definition) is 0. The second-order valence-corrected chi connectivity index (χ2v) is 5.14. The number of halogens is 1. The lowest BCUT2D eigenvalue weighted by Crippen LogP contribution is -2.04. The quantitative estimate of drug-likeness (QED) is 0.645. The number of carbonyl (C=O) groups is 1. The van der Waals surface area contributed by atoms with Gasteiger partial charge in [-0.25, -0.2) is 4.39 Å². The van der Waals surface area contributed by atoms with E-state index < -0.39 is 0 Å². The molecule has 1 rings (SSSR count). The van der Waals surface area contributed by atoms with E-state index in [4.69, 9.17) is 9.47 Å². The van der Waals surface area contributed by atoms with Gasteiger partial charge in [0.1, 0.15) is 11.6 Å². The molecule has 0 saturated carbocycles. The molecular formula is C17H25FO3. The van der Waals surface area contributed by atoms with Crippen LogP contribution in [0.3, 0.4) is 0 Å². The molecule has 0 amide bonds. The van der Waals surface area contributed by atoms with Crippen molar-refractivity contribution in [3.8, 4) is 11.5 Å². The molecule has 0 spiro atoms. The molecule has 4 heteroatoms. The number of ether oxygens (including phenoxy) is 2. The van der Waals surface area contributed by atoms with Gasteiger partial charge in [0, 0.05) is 12.5 Å². The fraction of sp³-hybridized carbons (Fsp3) is 0.588. The number of benzene rings is 1. The monoisotopic (exact) mass is 296 g/mol. The van der Waals surface area contributed by atoms with Crippen molar-refractivity contribution in [2.24, 2.45) is 0 Å². The van der Waals surface area contributed by atoms with E-state index in [1.807, 2.05) is 13.8 Å². The second kappa shape index (κ2) is 9.37. The zero-order valence-electron chi connectivity index (χ0n) is 13.2. The van der Waals surface area contributed by atoms with E-state index in [0.29, 0.717) is 49.5 Å². The first-order chi connectivity index (χ1) is 10.1. The largest absolute Gasteiger partial charge is 0.490 e. The number of hydrogen-bond acceptors (Lipinski definition) is 3. The van der Waals surface area contributed by atoms with Gasteiger partial charge in [0.2, 0.25) is 0 Å². The molecule has 0 fully saturated rings. The Kier molecular flexibility index (Phi) is 7.80. The van der Waals surface area contributed by atoms with Crippen molar-refractivity contribution in [1.29, 1.82) is 0 Å². The smallest absolute Gasteiger partial charge is 0.164 e. The first-order valence-electron chi connectivity index (χ1n) is 7.65. The second-order valence-electron chi connectivity index (χ2n) is 5.14. The minimum Gasteiger partial charge on any atom is -0.490 e. The van der Waals surface area contributed by atoms with Gasteiger partial charge in [-0.3, -0.25) is 0 Å². The summed E-state index contributed by atoms with van der Waals surface area (Å²) >= 11 is 0. The fourth-order valence-corrected chi connectivity index (χ4v) is 1.95. The van der Waals surface area contributed by atoms with Crippen LogP contribution in [0.15, 0.2) is 12.1 Å². The van der Waals surface area contributed by atoms with Gasteiger partial charge < -0.3 is 14.3 Å². The molecule has 0 unspecified atom stereocenters. The third-order valence-electron chi connectivity index (χ3n) is 3.01. The number of Topliss-reactive ketones (excluding diaryl/α,β-unsaturated/α-hetero) is 1. The molecule has 0 heterocycles. The minimum atomic E-state index is -0.298. The van der Waals surface area contributed by atoms with Crippen LogP contribution in [0.1, 0.15) is 52.0 Å². The molecule has 0 atom stereocenters. The Morgan fingerprint density at radius 2 is 1.67 bits per heavy atom. The summed E-state index contributed by atoms with van der Waals surface area (Å²) < 4.78 is 25.3. The summed E-state index contributed by atoms with van der Waals surface area (Å²) in [6.07, 6.45) is 3.38. The molecule has 0 bridgehead atoms. The predicted molar refractivity (Wildman–Crippen MR) is 81.6 cm³/mol. The predicted octanol–water partition coefficient (Wildman–Crippen LogP) is 4.32. The van der Waals surface area contributed by atoms with Crippen molar-refractivity contribution >= 4 is 5.78 Å². The average molecular weight is 296 g/mol. The molecule has 1 aromatic rings. The van der Waals surface area contributed by atoms with Crippen molar-refractivity contribution in [3.05, 3.63) is 23.5 Å². The molecule has 3 nitrogen and oxygen atoms in total. The van der Waals surface area contributed by atoms with Crippen molar-refractivity contribution in [2.45, 2.75) is 52.9 Å². The van der Waals surface area contributed by atoms with Crippen LogP contribution < -0.4 is 9.47 Å². The van der Waals surface area contributed by atoms with Gasteiger partial charge in [0.15, 0.2) is 11.5 Å². The Morgan fingerprint density at radius 3 is 2.19 bits per heavy atom. The Morgan fingerprint density at radius 1 is 1.10 bits per heavy atom. The van der Waals surface area contributed by atoms with Gasteiger partial charge in [-0.05, 0) is 44.2 Å². The molecule has 0 N–H and O–H groups in total. The van der Waals surface area contributed by atoms with E-state index in [9.17, 15) is 9.18 Å². The standard InChI is InChI=1S/C17H25FO3/c1-4-9-20-16-11-14(8-6-7-13(3)19)15(18)12-17(16)21-10-5-2/h11-12H,4-10H2,1-3H3. The van der Waals surface area contributed by atoms with Gasteiger partial charge in [-0.2, -0.15) is 0 Å². The van der Waals surface area contributed by atoms with Crippen LogP contribution in [-0.4, -0.2) is 19.0 Å². The highest BCUT2D eigenvalue weighted by Crippen LogP contribution is 2.31. The molecule has 0 aromatic heterocycles. The van der Waals surface area contributed by atoms with Gasteiger partial charge in [-0.1, -0.05) is 13.8 Å². The summed E-state index contributed by atoms with van der Waals surface area (Å²) in [5.74, 6) is 0.872. The fourth-order valence-electron chi connectivity index (χ4n) is 1.95. The third-order valence-corrected chi connectivity index (χ3v) is 3.01. The maximum atomic E-state index is 14.1. The highest BCUT2D eigenvalue weighted by molar-refractivity contribution is 5.75. The number of aryl methyl sites for hydroxylation is 1. The zero-order valence-corrected chi connectivity index (χ0v) is 13.2. The molecule has 0 saturated heterocycles.